The van der Waals surface area contributed by atoms with E-state index in [4.69, 9.17) is 4.74 Å². The lowest BCUT2D eigenvalue weighted by atomic mass is 9.47. The molecule has 0 radical (unpaired) electrons. The van der Waals surface area contributed by atoms with E-state index in [0.29, 0.717) is 36.6 Å². The molecule has 0 N–H and O–H groups in total. The van der Waals surface area contributed by atoms with Crippen molar-refractivity contribution in [2.75, 3.05) is 4.90 Å². The van der Waals surface area contributed by atoms with E-state index in [-0.39, 0.29) is 28.8 Å². The Labute approximate surface area is 215 Å². The molecule has 36 heavy (non-hydrogen) atoms. The Hall–Kier alpha value is -2.62. The summed E-state index contributed by atoms with van der Waals surface area (Å²) in [5.41, 5.74) is 2.29. The van der Waals surface area contributed by atoms with Crippen LogP contribution in [0.2, 0.25) is 0 Å². The minimum absolute atomic E-state index is 0.0116. The van der Waals surface area contributed by atoms with E-state index in [1.807, 2.05) is 29.2 Å². The molecule has 190 valence electrons. The van der Waals surface area contributed by atoms with Crippen molar-refractivity contribution in [2.24, 2.45) is 34.5 Å². The number of fused-ring (bicyclic) bond motifs is 5. The highest BCUT2D eigenvalue weighted by atomic mass is 16.5. The van der Waals surface area contributed by atoms with Gasteiger partial charge in [0, 0.05) is 23.4 Å². The summed E-state index contributed by atoms with van der Waals surface area (Å²) in [6.45, 7) is 5.42. The molecule has 0 spiro atoms. The van der Waals surface area contributed by atoms with E-state index in [1.54, 1.807) is 0 Å². The van der Waals surface area contributed by atoms with Crippen LogP contribution in [0.4, 0.5) is 5.69 Å². The van der Waals surface area contributed by atoms with Crippen LogP contribution in [0, 0.1) is 34.5 Å². The van der Waals surface area contributed by atoms with E-state index >= 15 is 0 Å². The van der Waals surface area contributed by atoms with Crippen molar-refractivity contribution >= 4 is 17.6 Å². The number of hydrogen-bond donors (Lipinski definition) is 0. The fourth-order valence-electron chi connectivity index (χ4n) is 8.81. The minimum Gasteiger partial charge on any atom is -0.462 e. The smallest absolute Gasteiger partial charge is 0.306 e. The third kappa shape index (κ3) is 3.79. The van der Waals surface area contributed by atoms with Gasteiger partial charge in [-0.3, -0.25) is 9.59 Å². The Balaban J connectivity index is 1.27. The highest BCUT2D eigenvalue weighted by molar-refractivity contribution is 5.95. The first kappa shape index (κ1) is 23.8. The molecule has 4 nitrogen and oxygen atoms in total. The topological polar surface area (TPSA) is 46.6 Å². The van der Waals surface area contributed by atoms with Crippen molar-refractivity contribution < 1.29 is 14.3 Å². The molecule has 3 aliphatic carbocycles. The lowest BCUT2D eigenvalue weighted by molar-refractivity contribution is -0.192. The number of carbonyl (C=O) groups excluding carboxylic acids is 2. The maximum atomic E-state index is 14.4. The number of benzene rings is 2. The monoisotopic (exact) mass is 485 g/mol. The molecular weight excluding hydrogens is 446 g/mol. The van der Waals surface area contributed by atoms with Gasteiger partial charge in [-0.25, -0.2) is 0 Å². The summed E-state index contributed by atoms with van der Waals surface area (Å²) in [5, 5.41) is 0. The minimum atomic E-state index is -0.0116. The zero-order chi connectivity index (χ0) is 24.9. The van der Waals surface area contributed by atoms with Gasteiger partial charge >= 0.3 is 5.97 Å². The van der Waals surface area contributed by atoms with Crippen molar-refractivity contribution in [1.29, 1.82) is 0 Å². The van der Waals surface area contributed by atoms with Gasteiger partial charge in [-0.2, -0.15) is 0 Å². The van der Waals surface area contributed by atoms with Crippen LogP contribution in [0.25, 0.3) is 0 Å². The third-order valence-electron chi connectivity index (χ3n) is 10.7. The van der Waals surface area contributed by atoms with Crippen LogP contribution in [0.5, 0.6) is 0 Å². The average molecular weight is 486 g/mol. The fourth-order valence-corrected chi connectivity index (χ4v) is 8.81. The zero-order valence-electron chi connectivity index (χ0n) is 21.7. The van der Waals surface area contributed by atoms with Crippen molar-refractivity contribution in [3.05, 3.63) is 66.2 Å². The number of anilines is 1. The van der Waals surface area contributed by atoms with E-state index in [1.165, 1.54) is 0 Å². The van der Waals surface area contributed by atoms with Gasteiger partial charge in [0.2, 0.25) is 5.91 Å². The number of nitrogens with zero attached hydrogens (tertiary/aromatic N) is 1. The lowest BCUT2D eigenvalue weighted by Gasteiger charge is -2.59. The van der Waals surface area contributed by atoms with Crippen LogP contribution in [0.15, 0.2) is 60.7 Å². The number of rotatable bonds is 4. The normalized spacial score (nSPS) is 37.3. The van der Waals surface area contributed by atoms with Crippen molar-refractivity contribution in [2.45, 2.75) is 77.9 Å². The highest BCUT2D eigenvalue weighted by Gasteiger charge is 2.62. The molecule has 4 aliphatic rings. The van der Waals surface area contributed by atoms with Crippen LogP contribution in [0.1, 0.15) is 70.8 Å². The largest absolute Gasteiger partial charge is 0.462 e. The number of amides is 1. The summed E-state index contributed by atoms with van der Waals surface area (Å²) in [5.74, 6) is 2.16. The van der Waals surface area contributed by atoms with E-state index in [2.05, 4.69) is 50.2 Å². The number of para-hydroxylation sites is 1. The van der Waals surface area contributed by atoms with Crippen LogP contribution in [0.3, 0.4) is 0 Å². The maximum absolute atomic E-state index is 14.4. The summed E-state index contributed by atoms with van der Waals surface area (Å²) < 4.78 is 5.88. The molecule has 4 heteroatoms. The van der Waals surface area contributed by atoms with Gasteiger partial charge < -0.3 is 9.64 Å². The van der Waals surface area contributed by atoms with Gasteiger partial charge in [-0.15, -0.1) is 0 Å². The summed E-state index contributed by atoms with van der Waals surface area (Å²) in [6, 6.07) is 20.6. The molecule has 3 saturated carbocycles. The summed E-state index contributed by atoms with van der Waals surface area (Å²) >= 11 is 0. The van der Waals surface area contributed by atoms with E-state index in [0.717, 1.165) is 56.2 Å². The van der Waals surface area contributed by atoms with Gasteiger partial charge in [-0.05, 0) is 85.8 Å². The van der Waals surface area contributed by atoms with Gasteiger partial charge in [0.15, 0.2) is 0 Å². The van der Waals surface area contributed by atoms with Gasteiger partial charge in [0.1, 0.15) is 6.10 Å². The first-order valence-electron chi connectivity index (χ1n) is 14.0. The number of hydrogen-bond acceptors (Lipinski definition) is 3. The summed E-state index contributed by atoms with van der Waals surface area (Å²) in [7, 11) is 0. The molecule has 1 heterocycles. The Morgan fingerprint density at radius 1 is 0.861 bits per heavy atom. The molecule has 3 unspecified atom stereocenters. The average Bonchev–Trinajstić information content (AvgIpc) is 3.25. The molecule has 1 aliphatic heterocycles. The number of carbonyl (C=O) groups is 2. The zero-order valence-corrected chi connectivity index (χ0v) is 21.7. The van der Waals surface area contributed by atoms with Crippen LogP contribution < -0.4 is 4.90 Å². The van der Waals surface area contributed by atoms with Crippen LogP contribution in [-0.2, 0) is 20.9 Å². The Bertz CT molecular complexity index is 1120. The predicted octanol–water partition coefficient (Wildman–Crippen LogP) is 6.78. The second-order valence-corrected chi connectivity index (χ2v) is 12.4. The van der Waals surface area contributed by atoms with Gasteiger partial charge in [-0.1, -0.05) is 62.4 Å². The molecule has 1 saturated heterocycles. The standard InChI is InChI=1S/C32H39NO3/c1-31-19-17-26-24(13-16-28-32(26,2)20-18-29(34)36-28)25(31)14-15-27(31)30(35)33(23-11-7-4-8-12-23)21-22-9-5-3-6-10-22/h3-12,24-28H,13-21H2,1-2H3/t24?,25?,26?,27-,28-,31+,32-/m1/s1. The fraction of sp³-hybridized carbons (Fsp3) is 0.562. The molecule has 2 aromatic carbocycles. The van der Waals surface area contributed by atoms with Crippen LogP contribution in [-0.4, -0.2) is 18.0 Å². The molecule has 6 rings (SSSR count). The number of esters is 1. The molecule has 7 atom stereocenters. The Morgan fingerprint density at radius 3 is 2.31 bits per heavy atom. The Kier molecular flexibility index (Phi) is 5.97. The quantitative estimate of drug-likeness (QED) is 0.448. The summed E-state index contributed by atoms with van der Waals surface area (Å²) in [6.07, 6.45) is 8.09. The molecule has 1 amide bonds. The maximum Gasteiger partial charge on any atom is 0.306 e. The first-order valence-corrected chi connectivity index (χ1v) is 14.0. The highest BCUT2D eigenvalue weighted by Crippen LogP contribution is 2.66. The Morgan fingerprint density at radius 2 is 1.56 bits per heavy atom. The second kappa shape index (κ2) is 9.04. The van der Waals surface area contributed by atoms with E-state index in [9.17, 15) is 9.59 Å². The molecule has 0 bridgehead atoms. The predicted molar refractivity (Wildman–Crippen MR) is 141 cm³/mol. The molecular formula is C32H39NO3. The van der Waals surface area contributed by atoms with Crippen LogP contribution >= 0.6 is 0 Å². The van der Waals surface area contributed by atoms with E-state index < -0.39 is 0 Å². The molecule has 0 aromatic heterocycles. The van der Waals surface area contributed by atoms with Crippen molar-refractivity contribution in [3.8, 4) is 0 Å². The molecule has 2 aromatic rings. The lowest BCUT2D eigenvalue weighted by Crippen LogP contribution is -2.57. The SMILES string of the molecule is C[C@]12CCC3C(CC[C@H]4OC(=O)CC[C@]34C)C1CC[C@@H]2C(=O)N(Cc1ccccc1)c1ccccc1. The van der Waals surface area contributed by atoms with Gasteiger partial charge in [0.05, 0.1) is 6.54 Å². The summed E-state index contributed by atoms with van der Waals surface area (Å²) in [4.78, 5) is 28.4. The van der Waals surface area contributed by atoms with Gasteiger partial charge in [0.25, 0.3) is 0 Å². The van der Waals surface area contributed by atoms with Crippen molar-refractivity contribution in [3.63, 3.8) is 0 Å². The second-order valence-electron chi connectivity index (χ2n) is 12.4. The first-order chi connectivity index (χ1) is 17.4. The van der Waals surface area contributed by atoms with Crippen molar-refractivity contribution in [1.82, 2.24) is 0 Å². The number of ether oxygens (including phenoxy) is 1. The third-order valence-corrected chi connectivity index (χ3v) is 10.7. The molecule has 4 fully saturated rings.